The van der Waals surface area contributed by atoms with Crippen LogP contribution in [0.25, 0.3) is 0 Å². The molecule has 1 aliphatic carbocycles. The molecule has 2 unspecified atom stereocenters. The summed E-state index contributed by atoms with van der Waals surface area (Å²) in [5.74, 6) is 3.30. The van der Waals surface area contributed by atoms with Crippen molar-refractivity contribution in [2.45, 2.75) is 58.9 Å². The molecule has 106 valence electrons. The van der Waals surface area contributed by atoms with E-state index in [2.05, 4.69) is 36.1 Å². The van der Waals surface area contributed by atoms with E-state index >= 15 is 0 Å². The number of nitrogens with zero attached hydrogens (tertiary/aromatic N) is 2. The maximum absolute atomic E-state index is 6.07. The first kappa shape index (κ1) is 14.6. The molecule has 0 spiro atoms. The smallest absolute Gasteiger partial charge is 0.134 e. The minimum Gasteiger partial charge on any atom is -0.367 e. The van der Waals surface area contributed by atoms with Crippen molar-refractivity contribution in [1.82, 2.24) is 9.97 Å². The summed E-state index contributed by atoms with van der Waals surface area (Å²) in [4.78, 5) is 8.82. The Kier molecular flexibility index (Phi) is 5.03. The van der Waals surface area contributed by atoms with Gasteiger partial charge in [0.15, 0.2) is 0 Å². The van der Waals surface area contributed by atoms with Crippen LogP contribution in [0.3, 0.4) is 0 Å². The van der Waals surface area contributed by atoms with E-state index < -0.39 is 0 Å². The molecule has 0 aromatic carbocycles. The summed E-state index contributed by atoms with van der Waals surface area (Å²) in [6.07, 6.45) is 5.69. The normalized spacial score (nSPS) is 27.3. The lowest BCUT2D eigenvalue weighted by atomic mass is 9.80. The van der Waals surface area contributed by atoms with Gasteiger partial charge in [-0.2, -0.15) is 0 Å². The summed E-state index contributed by atoms with van der Waals surface area (Å²) in [6.45, 7) is 6.79. The Hall–Kier alpha value is -0.830. The Balaban J connectivity index is 2.05. The molecule has 3 nitrogen and oxygen atoms in total. The highest BCUT2D eigenvalue weighted by Gasteiger charge is 2.24. The molecule has 1 heterocycles. The third-order valence-electron chi connectivity index (χ3n) is 3.75. The van der Waals surface area contributed by atoms with E-state index in [-0.39, 0.29) is 0 Å². The predicted octanol–water partition coefficient (Wildman–Crippen LogP) is 4.32. The van der Waals surface area contributed by atoms with Crippen LogP contribution in [0.2, 0.25) is 5.15 Å². The highest BCUT2D eigenvalue weighted by atomic mass is 35.5. The molecule has 1 aromatic heterocycles. The quantitative estimate of drug-likeness (QED) is 0.835. The molecule has 1 aliphatic rings. The monoisotopic (exact) mass is 281 g/mol. The van der Waals surface area contributed by atoms with Crippen molar-refractivity contribution in [1.29, 1.82) is 0 Å². The second-order valence-electron chi connectivity index (χ2n) is 6.00. The third-order valence-corrected chi connectivity index (χ3v) is 3.94. The van der Waals surface area contributed by atoms with E-state index in [1.807, 2.05) is 6.07 Å². The van der Waals surface area contributed by atoms with Crippen LogP contribution in [0.4, 0.5) is 5.82 Å². The first-order valence-electron chi connectivity index (χ1n) is 7.36. The second-order valence-corrected chi connectivity index (χ2v) is 6.39. The number of aryl methyl sites for hydroxylation is 1. The lowest BCUT2D eigenvalue weighted by Crippen LogP contribution is -2.30. The van der Waals surface area contributed by atoms with Gasteiger partial charge in [0, 0.05) is 18.5 Å². The fourth-order valence-electron chi connectivity index (χ4n) is 3.15. The minimum absolute atomic E-state index is 0.513. The molecule has 1 fully saturated rings. The molecule has 1 saturated carbocycles. The van der Waals surface area contributed by atoms with Crippen molar-refractivity contribution < 1.29 is 0 Å². The van der Waals surface area contributed by atoms with E-state index in [0.717, 1.165) is 36.3 Å². The Labute approximate surface area is 121 Å². The largest absolute Gasteiger partial charge is 0.367 e. The average Bonchev–Trinajstić information content (AvgIpc) is 2.26. The fourth-order valence-corrected chi connectivity index (χ4v) is 3.35. The molecule has 1 N–H and O–H groups in total. The van der Waals surface area contributed by atoms with Crippen LogP contribution in [0.1, 0.15) is 52.3 Å². The van der Waals surface area contributed by atoms with E-state index in [4.69, 9.17) is 11.6 Å². The van der Waals surface area contributed by atoms with Crippen LogP contribution >= 0.6 is 11.6 Å². The summed E-state index contributed by atoms with van der Waals surface area (Å²) < 4.78 is 0. The van der Waals surface area contributed by atoms with Crippen LogP contribution in [0.15, 0.2) is 6.07 Å². The van der Waals surface area contributed by atoms with E-state index in [1.54, 1.807) is 0 Å². The molecular weight excluding hydrogens is 258 g/mol. The molecule has 2 atom stereocenters. The van der Waals surface area contributed by atoms with Gasteiger partial charge < -0.3 is 5.32 Å². The summed E-state index contributed by atoms with van der Waals surface area (Å²) in [6, 6.07) is 2.35. The number of rotatable bonds is 4. The molecule has 0 aliphatic heterocycles. The standard InChI is InChI=1S/C15H24ClN3/c1-4-5-14-18-13(16)9-15(19-14)17-12-7-10(2)6-11(3)8-12/h9-12H,4-8H2,1-3H3,(H,17,18,19). The molecule has 0 radical (unpaired) electrons. The molecule has 1 aromatic rings. The van der Waals surface area contributed by atoms with Crippen LogP contribution in [0.5, 0.6) is 0 Å². The average molecular weight is 282 g/mol. The van der Waals surface area contributed by atoms with Gasteiger partial charge in [0.05, 0.1) is 0 Å². The maximum Gasteiger partial charge on any atom is 0.134 e. The molecule has 0 saturated heterocycles. The molecule has 0 bridgehead atoms. The minimum atomic E-state index is 0.513. The van der Waals surface area contributed by atoms with E-state index in [1.165, 1.54) is 19.3 Å². The van der Waals surface area contributed by atoms with Crippen LogP contribution < -0.4 is 5.32 Å². The summed E-state index contributed by atoms with van der Waals surface area (Å²) in [5, 5.41) is 4.09. The Morgan fingerprint density at radius 2 is 1.89 bits per heavy atom. The second kappa shape index (κ2) is 6.56. The van der Waals surface area contributed by atoms with E-state index in [9.17, 15) is 0 Å². The van der Waals surface area contributed by atoms with Crippen molar-refractivity contribution in [3.63, 3.8) is 0 Å². The number of hydrogen-bond acceptors (Lipinski definition) is 3. The van der Waals surface area contributed by atoms with Crippen LogP contribution in [0, 0.1) is 11.8 Å². The number of hydrogen-bond donors (Lipinski definition) is 1. The van der Waals surface area contributed by atoms with E-state index in [0.29, 0.717) is 11.2 Å². The molecular formula is C15H24ClN3. The van der Waals surface area contributed by atoms with Crippen molar-refractivity contribution in [3.05, 3.63) is 17.0 Å². The first-order valence-corrected chi connectivity index (χ1v) is 7.74. The fraction of sp³-hybridized carbons (Fsp3) is 0.733. The third kappa shape index (κ3) is 4.34. The van der Waals surface area contributed by atoms with Gasteiger partial charge in [-0.3, -0.25) is 0 Å². The zero-order chi connectivity index (χ0) is 13.8. The van der Waals surface area contributed by atoms with Gasteiger partial charge in [-0.05, 0) is 37.5 Å². The van der Waals surface area contributed by atoms with Gasteiger partial charge in [0.25, 0.3) is 0 Å². The zero-order valence-electron chi connectivity index (χ0n) is 12.1. The first-order chi connectivity index (χ1) is 9.06. The maximum atomic E-state index is 6.07. The Morgan fingerprint density at radius 1 is 1.21 bits per heavy atom. The Morgan fingerprint density at radius 3 is 2.53 bits per heavy atom. The topological polar surface area (TPSA) is 37.8 Å². The summed E-state index contributed by atoms with van der Waals surface area (Å²) >= 11 is 6.07. The van der Waals surface area contributed by atoms with Crippen molar-refractivity contribution in [2.75, 3.05) is 5.32 Å². The summed E-state index contributed by atoms with van der Waals surface area (Å²) in [5.41, 5.74) is 0. The van der Waals surface area contributed by atoms with Crippen molar-refractivity contribution in [2.24, 2.45) is 11.8 Å². The van der Waals surface area contributed by atoms with Crippen LogP contribution in [-0.2, 0) is 6.42 Å². The van der Waals surface area contributed by atoms with Gasteiger partial charge >= 0.3 is 0 Å². The van der Waals surface area contributed by atoms with Crippen LogP contribution in [-0.4, -0.2) is 16.0 Å². The van der Waals surface area contributed by atoms with Crippen molar-refractivity contribution in [3.8, 4) is 0 Å². The van der Waals surface area contributed by atoms with Gasteiger partial charge in [-0.15, -0.1) is 0 Å². The lowest BCUT2D eigenvalue weighted by Gasteiger charge is -2.32. The molecule has 19 heavy (non-hydrogen) atoms. The number of aromatic nitrogens is 2. The molecule has 2 rings (SSSR count). The highest BCUT2D eigenvalue weighted by Crippen LogP contribution is 2.30. The molecule has 4 heteroatoms. The van der Waals surface area contributed by atoms with Gasteiger partial charge in [-0.1, -0.05) is 32.4 Å². The number of anilines is 1. The van der Waals surface area contributed by atoms with Crippen molar-refractivity contribution >= 4 is 17.4 Å². The number of halogens is 1. The SMILES string of the molecule is CCCc1nc(Cl)cc(NC2CC(C)CC(C)C2)n1. The summed E-state index contributed by atoms with van der Waals surface area (Å²) in [7, 11) is 0. The Bertz CT molecular complexity index is 412. The highest BCUT2D eigenvalue weighted by molar-refractivity contribution is 6.29. The van der Waals surface area contributed by atoms with Gasteiger partial charge in [-0.25, -0.2) is 9.97 Å². The molecule has 0 amide bonds. The zero-order valence-corrected chi connectivity index (χ0v) is 12.9. The lowest BCUT2D eigenvalue weighted by molar-refractivity contribution is 0.280. The predicted molar refractivity (Wildman–Crippen MR) is 80.6 cm³/mol. The van der Waals surface area contributed by atoms with Gasteiger partial charge in [0.1, 0.15) is 16.8 Å². The van der Waals surface area contributed by atoms with Gasteiger partial charge in [0.2, 0.25) is 0 Å². The number of nitrogens with one attached hydrogen (secondary N) is 1.